The molecule has 1 N–H and O–H groups in total. The second-order valence-corrected chi connectivity index (χ2v) is 6.72. The number of aromatic nitrogens is 1. The predicted octanol–water partition coefficient (Wildman–Crippen LogP) is 2.39. The average Bonchev–Trinajstić information content (AvgIpc) is 3.01. The predicted molar refractivity (Wildman–Crippen MR) is 95.0 cm³/mol. The van der Waals surface area contributed by atoms with E-state index in [-0.39, 0.29) is 17.7 Å². The van der Waals surface area contributed by atoms with E-state index in [9.17, 15) is 9.59 Å². The monoisotopic (exact) mass is 341 g/mol. The molecule has 2 amide bonds. The number of amides is 2. The smallest absolute Gasteiger partial charge is 0.298 e. The fraction of sp³-hybridized carbons (Fsp3) is 0.389. The number of rotatable bonds is 2. The lowest BCUT2D eigenvalue weighted by Gasteiger charge is -2.31. The molecule has 124 valence electrons. The molecule has 1 aliphatic rings. The van der Waals surface area contributed by atoms with Crippen molar-refractivity contribution >= 4 is 33.4 Å². The van der Waals surface area contributed by atoms with Crippen LogP contribution >= 0.6 is 11.3 Å². The molecule has 0 spiro atoms. The van der Waals surface area contributed by atoms with Gasteiger partial charge in [-0.1, -0.05) is 12.0 Å². The zero-order valence-corrected chi connectivity index (χ0v) is 14.6. The van der Waals surface area contributed by atoms with Crippen molar-refractivity contribution in [2.75, 3.05) is 20.1 Å². The van der Waals surface area contributed by atoms with Crippen LogP contribution in [0.15, 0.2) is 18.3 Å². The van der Waals surface area contributed by atoms with Gasteiger partial charge in [0.2, 0.25) is 0 Å². The maximum atomic E-state index is 12.3. The second-order valence-electron chi connectivity index (χ2n) is 5.72. The quantitative estimate of drug-likeness (QED) is 0.853. The molecule has 1 fully saturated rings. The Balaban J connectivity index is 1.91. The van der Waals surface area contributed by atoms with Gasteiger partial charge in [0.05, 0.1) is 4.88 Å². The molecule has 2 aromatic heterocycles. The first-order chi connectivity index (χ1) is 11.7. The molecule has 0 atom stereocenters. The fourth-order valence-corrected chi connectivity index (χ4v) is 4.37. The van der Waals surface area contributed by atoms with E-state index in [1.807, 2.05) is 12.1 Å². The summed E-state index contributed by atoms with van der Waals surface area (Å²) in [6.45, 7) is 3.01. The zero-order chi connectivity index (χ0) is 17.1. The van der Waals surface area contributed by atoms with Crippen LogP contribution in [-0.4, -0.2) is 41.8 Å². The van der Waals surface area contributed by atoms with E-state index < -0.39 is 0 Å². The SMILES string of the molecule is CC#CC(=O)N1CCC(c2c(C(=O)NC)sc3ncccc23)CC1. The van der Waals surface area contributed by atoms with Crippen LogP contribution in [-0.2, 0) is 4.79 Å². The highest BCUT2D eigenvalue weighted by Gasteiger charge is 2.29. The summed E-state index contributed by atoms with van der Waals surface area (Å²) < 4.78 is 0. The van der Waals surface area contributed by atoms with Gasteiger partial charge in [0.25, 0.3) is 11.8 Å². The van der Waals surface area contributed by atoms with Crippen molar-refractivity contribution in [1.82, 2.24) is 15.2 Å². The lowest BCUT2D eigenvalue weighted by molar-refractivity contribution is -0.126. The van der Waals surface area contributed by atoms with E-state index in [0.29, 0.717) is 13.1 Å². The standard InChI is InChI=1S/C18H19N3O2S/c1-3-5-14(22)21-10-7-12(8-11-21)15-13-6-4-9-20-18(13)24-16(15)17(23)19-2/h4,6,9,12H,7-8,10-11H2,1-2H3,(H,19,23). The number of likely N-dealkylation sites (tertiary alicyclic amines) is 1. The Labute approximate surface area is 145 Å². The van der Waals surface area contributed by atoms with Gasteiger partial charge in [-0.2, -0.15) is 0 Å². The third kappa shape index (κ3) is 3.00. The maximum Gasteiger partial charge on any atom is 0.298 e. The molecule has 0 bridgehead atoms. The van der Waals surface area contributed by atoms with Crippen LogP contribution in [0.1, 0.15) is 40.9 Å². The average molecular weight is 341 g/mol. The summed E-state index contributed by atoms with van der Waals surface area (Å²) in [6.07, 6.45) is 3.42. The van der Waals surface area contributed by atoms with Gasteiger partial charge in [0.1, 0.15) is 4.83 Å². The van der Waals surface area contributed by atoms with E-state index in [1.165, 1.54) is 11.3 Å². The van der Waals surface area contributed by atoms with Gasteiger partial charge >= 0.3 is 0 Å². The summed E-state index contributed by atoms with van der Waals surface area (Å²) in [7, 11) is 1.65. The number of hydrogen-bond donors (Lipinski definition) is 1. The molecular formula is C18H19N3O2S. The molecule has 1 saturated heterocycles. The largest absolute Gasteiger partial charge is 0.354 e. The van der Waals surface area contributed by atoms with Crippen molar-refractivity contribution in [1.29, 1.82) is 0 Å². The van der Waals surface area contributed by atoms with E-state index in [2.05, 4.69) is 22.1 Å². The molecule has 0 saturated carbocycles. The Morgan fingerprint density at radius 1 is 1.38 bits per heavy atom. The zero-order valence-electron chi connectivity index (χ0n) is 13.8. The van der Waals surface area contributed by atoms with Gasteiger partial charge in [-0.25, -0.2) is 4.98 Å². The Bertz CT molecular complexity index is 839. The summed E-state index contributed by atoms with van der Waals surface area (Å²) in [6, 6.07) is 3.93. The maximum absolute atomic E-state index is 12.3. The molecule has 1 aliphatic heterocycles. The molecule has 5 nitrogen and oxygen atoms in total. The third-order valence-corrected chi connectivity index (χ3v) is 5.49. The molecular weight excluding hydrogens is 322 g/mol. The van der Waals surface area contributed by atoms with Gasteiger partial charge in [0.15, 0.2) is 0 Å². The number of carbonyl (C=O) groups excluding carboxylic acids is 2. The molecule has 3 rings (SSSR count). The number of pyridine rings is 1. The summed E-state index contributed by atoms with van der Waals surface area (Å²) >= 11 is 1.44. The van der Waals surface area contributed by atoms with Crippen LogP contribution in [0.25, 0.3) is 10.2 Å². The fourth-order valence-electron chi connectivity index (χ4n) is 3.20. The van der Waals surface area contributed by atoms with Crippen molar-refractivity contribution in [3.8, 4) is 11.8 Å². The molecule has 0 aromatic carbocycles. The number of nitrogens with one attached hydrogen (secondary N) is 1. The van der Waals surface area contributed by atoms with E-state index in [1.54, 1.807) is 25.1 Å². The first kappa shape index (κ1) is 16.5. The van der Waals surface area contributed by atoms with Gasteiger partial charge in [0, 0.05) is 31.7 Å². The third-order valence-electron chi connectivity index (χ3n) is 4.36. The lowest BCUT2D eigenvalue weighted by Crippen LogP contribution is -2.37. The Hall–Kier alpha value is -2.39. The molecule has 6 heteroatoms. The van der Waals surface area contributed by atoms with Crippen molar-refractivity contribution in [3.05, 3.63) is 28.8 Å². The van der Waals surface area contributed by atoms with Crippen LogP contribution in [0, 0.1) is 11.8 Å². The Morgan fingerprint density at radius 2 is 2.12 bits per heavy atom. The normalized spacial score (nSPS) is 15.0. The minimum Gasteiger partial charge on any atom is -0.354 e. The molecule has 0 radical (unpaired) electrons. The molecule has 0 unspecified atom stereocenters. The van der Waals surface area contributed by atoms with Gasteiger partial charge in [-0.15, -0.1) is 11.3 Å². The van der Waals surface area contributed by atoms with Crippen molar-refractivity contribution in [2.45, 2.75) is 25.7 Å². The first-order valence-corrected chi connectivity index (χ1v) is 8.78. The number of thiophene rings is 1. The molecule has 0 aliphatic carbocycles. The van der Waals surface area contributed by atoms with Gasteiger partial charge in [-0.3, -0.25) is 9.59 Å². The van der Waals surface area contributed by atoms with Crippen LogP contribution in [0.4, 0.5) is 0 Å². The highest BCUT2D eigenvalue weighted by Crippen LogP contribution is 2.39. The number of piperidine rings is 1. The van der Waals surface area contributed by atoms with Crippen LogP contribution < -0.4 is 5.32 Å². The van der Waals surface area contributed by atoms with Gasteiger partial charge < -0.3 is 10.2 Å². The second kappa shape index (κ2) is 7.02. The minimum absolute atomic E-state index is 0.0663. The van der Waals surface area contributed by atoms with Crippen molar-refractivity contribution in [2.24, 2.45) is 0 Å². The molecule has 24 heavy (non-hydrogen) atoms. The number of fused-ring (bicyclic) bond motifs is 1. The van der Waals surface area contributed by atoms with E-state index in [4.69, 9.17) is 0 Å². The summed E-state index contributed by atoms with van der Waals surface area (Å²) in [5, 5.41) is 3.78. The highest BCUT2D eigenvalue weighted by atomic mass is 32.1. The minimum atomic E-state index is -0.112. The summed E-state index contributed by atoms with van der Waals surface area (Å²) in [5.74, 6) is 5.34. The number of carbonyl (C=O) groups is 2. The first-order valence-electron chi connectivity index (χ1n) is 7.96. The topological polar surface area (TPSA) is 62.3 Å². The number of hydrogen-bond acceptors (Lipinski definition) is 4. The summed E-state index contributed by atoms with van der Waals surface area (Å²) in [5.41, 5.74) is 1.08. The van der Waals surface area contributed by atoms with E-state index in [0.717, 1.165) is 33.5 Å². The highest BCUT2D eigenvalue weighted by molar-refractivity contribution is 7.20. The Kier molecular flexibility index (Phi) is 4.81. The van der Waals surface area contributed by atoms with Crippen LogP contribution in [0.2, 0.25) is 0 Å². The number of nitrogens with zero attached hydrogens (tertiary/aromatic N) is 2. The van der Waals surface area contributed by atoms with Gasteiger partial charge in [-0.05, 0) is 43.2 Å². The van der Waals surface area contributed by atoms with E-state index >= 15 is 0 Å². The van der Waals surface area contributed by atoms with Crippen LogP contribution in [0.5, 0.6) is 0 Å². The molecule has 3 heterocycles. The lowest BCUT2D eigenvalue weighted by atomic mass is 9.87. The summed E-state index contributed by atoms with van der Waals surface area (Å²) in [4.78, 5) is 32.0. The van der Waals surface area contributed by atoms with Crippen molar-refractivity contribution < 1.29 is 9.59 Å². The van der Waals surface area contributed by atoms with Crippen molar-refractivity contribution in [3.63, 3.8) is 0 Å². The molecule has 2 aromatic rings. The Morgan fingerprint density at radius 3 is 2.79 bits per heavy atom. The van der Waals surface area contributed by atoms with Crippen LogP contribution in [0.3, 0.4) is 0 Å².